The number of benzene rings is 1. The third-order valence-electron chi connectivity index (χ3n) is 2.60. The van der Waals surface area contributed by atoms with Crippen LogP contribution < -0.4 is 10.1 Å². The first-order valence-electron chi connectivity index (χ1n) is 6.35. The van der Waals surface area contributed by atoms with Crippen molar-refractivity contribution in [3.63, 3.8) is 0 Å². The molecular weight excluding hydrogens is 243 g/mol. The van der Waals surface area contributed by atoms with Crippen molar-refractivity contribution in [1.82, 2.24) is 4.98 Å². The van der Waals surface area contributed by atoms with Crippen LogP contribution in [0.25, 0.3) is 0 Å². The molecule has 1 N–H and O–H groups in total. The summed E-state index contributed by atoms with van der Waals surface area (Å²) in [6.45, 7) is 3.45. The number of ether oxygens (including phenoxy) is 1. The Balaban J connectivity index is 1.93. The summed E-state index contributed by atoms with van der Waals surface area (Å²) in [5.41, 5.74) is 1.90. The van der Waals surface area contributed by atoms with Crippen LogP contribution in [0.3, 0.4) is 0 Å². The molecular formula is C15H17FN2O. The van der Waals surface area contributed by atoms with Gasteiger partial charge in [-0.1, -0.05) is 19.1 Å². The van der Waals surface area contributed by atoms with Crippen LogP contribution in [0, 0.1) is 5.95 Å². The fourth-order valence-corrected chi connectivity index (χ4v) is 1.65. The Hall–Kier alpha value is -2.10. The van der Waals surface area contributed by atoms with Crippen LogP contribution in [-0.4, -0.2) is 11.6 Å². The number of hydrogen-bond acceptors (Lipinski definition) is 3. The second kappa shape index (κ2) is 6.73. The minimum absolute atomic E-state index is 0.472. The van der Waals surface area contributed by atoms with E-state index in [4.69, 9.17) is 4.74 Å². The van der Waals surface area contributed by atoms with Gasteiger partial charge in [-0.05, 0) is 36.2 Å². The molecule has 19 heavy (non-hydrogen) atoms. The van der Waals surface area contributed by atoms with Crippen LogP contribution >= 0.6 is 0 Å². The largest absolute Gasteiger partial charge is 0.494 e. The molecule has 0 atom stereocenters. The molecule has 0 aliphatic heterocycles. The number of rotatable bonds is 6. The molecule has 0 amide bonds. The highest BCUT2D eigenvalue weighted by Crippen LogP contribution is 2.15. The quantitative estimate of drug-likeness (QED) is 0.805. The lowest BCUT2D eigenvalue weighted by atomic mass is 10.2. The second-order valence-electron chi connectivity index (χ2n) is 4.22. The number of hydrogen-bond donors (Lipinski definition) is 1. The molecule has 0 radical (unpaired) electrons. The average Bonchev–Trinajstić information content (AvgIpc) is 2.45. The van der Waals surface area contributed by atoms with Crippen molar-refractivity contribution in [3.05, 3.63) is 54.1 Å². The van der Waals surface area contributed by atoms with Crippen LogP contribution in [0.1, 0.15) is 18.9 Å². The SMILES string of the molecule is CCCOc1cccc(CNc2ccc(F)nc2)c1. The highest BCUT2D eigenvalue weighted by Gasteiger charge is 1.98. The van der Waals surface area contributed by atoms with Gasteiger partial charge >= 0.3 is 0 Å². The minimum Gasteiger partial charge on any atom is -0.494 e. The standard InChI is InChI=1S/C15H17FN2O/c1-2-8-19-14-5-3-4-12(9-14)10-17-13-6-7-15(16)18-11-13/h3-7,9,11,17H,2,8,10H2,1H3. The molecule has 0 aliphatic rings. The molecule has 1 aromatic heterocycles. The van der Waals surface area contributed by atoms with Gasteiger partial charge in [-0.3, -0.25) is 0 Å². The molecule has 4 heteroatoms. The molecule has 0 saturated carbocycles. The third kappa shape index (κ3) is 4.25. The smallest absolute Gasteiger partial charge is 0.212 e. The fraction of sp³-hybridized carbons (Fsp3) is 0.267. The lowest BCUT2D eigenvalue weighted by Crippen LogP contribution is -2.01. The highest BCUT2D eigenvalue weighted by atomic mass is 19.1. The number of halogens is 1. The maximum absolute atomic E-state index is 12.7. The van der Waals surface area contributed by atoms with E-state index in [0.29, 0.717) is 6.54 Å². The van der Waals surface area contributed by atoms with E-state index in [2.05, 4.69) is 17.2 Å². The molecule has 1 aromatic carbocycles. The van der Waals surface area contributed by atoms with Crippen LogP contribution in [0.4, 0.5) is 10.1 Å². The van der Waals surface area contributed by atoms with E-state index in [1.54, 1.807) is 6.07 Å². The highest BCUT2D eigenvalue weighted by molar-refractivity contribution is 5.41. The summed E-state index contributed by atoms with van der Waals surface area (Å²) in [5.74, 6) is 0.402. The van der Waals surface area contributed by atoms with E-state index in [9.17, 15) is 4.39 Å². The third-order valence-corrected chi connectivity index (χ3v) is 2.60. The molecule has 2 aromatic rings. The number of aromatic nitrogens is 1. The van der Waals surface area contributed by atoms with E-state index >= 15 is 0 Å². The zero-order chi connectivity index (χ0) is 13.5. The molecule has 100 valence electrons. The van der Waals surface area contributed by atoms with Gasteiger partial charge in [0, 0.05) is 6.54 Å². The predicted octanol–water partition coefficient (Wildman–Crippen LogP) is 3.62. The number of pyridine rings is 1. The zero-order valence-corrected chi connectivity index (χ0v) is 10.9. The zero-order valence-electron chi connectivity index (χ0n) is 10.9. The van der Waals surface area contributed by atoms with Gasteiger partial charge in [-0.2, -0.15) is 4.39 Å². The van der Waals surface area contributed by atoms with Crippen molar-refractivity contribution in [2.45, 2.75) is 19.9 Å². The van der Waals surface area contributed by atoms with Crippen molar-refractivity contribution in [2.75, 3.05) is 11.9 Å². The topological polar surface area (TPSA) is 34.1 Å². The fourth-order valence-electron chi connectivity index (χ4n) is 1.65. The maximum Gasteiger partial charge on any atom is 0.212 e. The van der Waals surface area contributed by atoms with E-state index in [1.165, 1.54) is 12.3 Å². The Morgan fingerprint density at radius 1 is 1.26 bits per heavy atom. The molecule has 0 saturated heterocycles. The molecule has 0 bridgehead atoms. The second-order valence-corrected chi connectivity index (χ2v) is 4.22. The Morgan fingerprint density at radius 2 is 2.16 bits per heavy atom. The maximum atomic E-state index is 12.7. The number of nitrogens with zero attached hydrogens (tertiary/aromatic N) is 1. The summed E-state index contributed by atoms with van der Waals surface area (Å²) in [6.07, 6.45) is 2.47. The van der Waals surface area contributed by atoms with E-state index in [1.807, 2.05) is 24.3 Å². The van der Waals surface area contributed by atoms with Gasteiger partial charge in [-0.25, -0.2) is 4.98 Å². The summed E-state index contributed by atoms with van der Waals surface area (Å²) < 4.78 is 18.2. The summed E-state index contributed by atoms with van der Waals surface area (Å²) in [7, 11) is 0. The first-order valence-corrected chi connectivity index (χ1v) is 6.35. The first kappa shape index (κ1) is 13.3. The van der Waals surface area contributed by atoms with Gasteiger partial charge in [0.25, 0.3) is 0 Å². The van der Waals surface area contributed by atoms with Crippen molar-refractivity contribution in [1.29, 1.82) is 0 Å². The lowest BCUT2D eigenvalue weighted by Gasteiger charge is -2.09. The van der Waals surface area contributed by atoms with Crippen molar-refractivity contribution < 1.29 is 9.13 Å². The summed E-state index contributed by atoms with van der Waals surface area (Å²) in [6, 6.07) is 10.9. The molecule has 3 nitrogen and oxygen atoms in total. The van der Waals surface area contributed by atoms with Gasteiger partial charge in [0.05, 0.1) is 18.5 Å². The number of nitrogens with one attached hydrogen (secondary N) is 1. The summed E-state index contributed by atoms with van der Waals surface area (Å²) >= 11 is 0. The van der Waals surface area contributed by atoms with Crippen LogP contribution in [0.5, 0.6) is 5.75 Å². The van der Waals surface area contributed by atoms with Crippen molar-refractivity contribution in [2.24, 2.45) is 0 Å². The van der Waals surface area contributed by atoms with Gasteiger partial charge in [0.2, 0.25) is 5.95 Å². The van der Waals surface area contributed by atoms with Crippen LogP contribution in [-0.2, 0) is 6.54 Å². The predicted molar refractivity (Wildman–Crippen MR) is 73.7 cm³/mol. The van der Waals surface area contributed by atoms with Gasteiger partial charge < -0.3 is 10.1 Å². The summed E-state index contributed by atoms with van der Waals surface area (Å²) in [5, 5.41) is 3.19. The van der Waals surface area contributed by atoms with Gasteiger partial charge in [0.1, 0.15) is 5.75 Å². The molecule has 0 aliphatic carbocycles. The summed E-state index contributed by atoms with van der Waals surface area (Å²) in [4.78, 5) is 3.60. The Kier molecular flexibility index (Phi) is 4.72. The van der Waals surface area contributed by atoms with Crippen molar-refractivity contribution >= 4 is 5.69 Å². The Labute approximate surface area is 112 Å². The first-order chi connectivity index (χ1) is 9.28. The Morgan fingerprint density at radius 3 is 2.89 bits per heavy atom. The number of anilines is 1. The van der Waals surface area contributed by atoms with Crippen LogP contribution in [0.2, 0.25) is 0 Å². The van der Waals surface area contributed by atoms with E-state index < -0.39 is 5.95 Å². The monoisotopic (exact) mass is 260 g/mol. The molecule has 2 rings (SSSR count). The van der Waals surface area contributed by atoms with E-state index in [0.717, 1.165) is 30.0 Å². The lowest BCUT2D eigenvalue weighted by molar-refractivity contribution is 0.317. The molecule has 0 unspecified atom stereocenters. The van der Waals surface area contributed by atoms with Gasteiger partial charge in [-0.15, -0.1) is 0 Å². The van der Waals surface area contributed by atoms with E-state index in [-0.39, 0.29) is 0 Å². The van der Waals surface area contributed by atoms with Crippen molar-refractivity contribution in [3.8, 4) is 5.75 Å². The molecule has 0 fully saturated rings. The normalized spacial score (nSPS) is 10.2. The minimum atomic E-state index is -0.472. The molecule has 1 heterocycles. The van der Waals surface area contributed by atoms with Gasteiger partial charge in [0.15, 0.2) is 0 Å². The molecule has 0 spiro atoms. The Bertz CT molecular complexity index is 514. The average molecular weight is 260 g/mol. The van der Waals surface area contributed by atoms with Crippen LogP contribution in [0.15, 0.2) is 42.6 Å².